The van der Waals surface area contributed by atoms with Gasteiger partial charge in [-0.15, -0.1) is 0 Å². The summed E-state index contributed by atoms with van der Waals surface area (Å²) in [4.78, 5) is 18.2. The van der Waals surface area contributed by atoms with E-state index in [0.29, 0.717) is 12.3 Å². The van der Waals surface area contributed by atoms with E-state index < -0.39 is 0 Å². The number of carbonyl (C=O) groups is 1. The molecule has 1 heterocycles. The van der Waals surface area contributed by atoms with E-state index in [9.17, 15) is 4.79 Å². The minimum Gasteiger partial charge on any atom is -0.340 e. The predicted octanol–water partition coefficient (Wildman–Crippen LogP) is 0.102. The summed E-state index contributed by atoms with van der Waals surface area (Å²) in [5.74, 6) is 0.305. The quantitative estimate of drug-likeness (QED) is 0.663. The molecule has 1 aliphatic heterocycles. The Labute approximate surface area is 92.8 Å². The van der Waals surface area contributed by atoms with Gasteiger partial charge in [0.25, 0.3) is 0 Å². The highest BCUT2D eigenvalue weighted by Gasteiger charge is 2.19. The van der Waals surface area contributed by atoms with Crippen LogP contribution in [0.25, 0.3) is 0 Å². The lowest BCUT2D eigenvalue weighted by atomic mass is 10.2. The predicted molar refractivity (Wildman–Crippen MR) is 61.9 cm³/mol. The molecule has 0 aliphatic carbocycles. The standard InChI is InChI=1S/C11H23N3O/c1-4-13-7-9-14(10-8-13)11(15)5-6-12(2)3/h4-10H2,1-3H3. The van der Waals surface area contributed by atoms with E-state index in [1.54, 1.807) is 0 Å². The van der Waals surface area contributed by atoms with Gasteiger partial charge in [-0.3, -0.25) is 4.79 Å². The van der Waals surface area contributed by atoms with Crippen molar-refractivity contribution in [1.29, 1.82) is 0 Å². The molecule has 1 fully saturated rings. The van der Waals surface area contributed by atoms with Crippen molar-refractivity contribution in [2.24, 2.45) is 0 Å². The Balaban J connectivity index is 2.24. The SMILES string of the molecule is CCN1CCN(C(=O)CCN(C)C)CC1. The first kappa shape index (κ1) is 12.5. The van der Waals surface area contributed by atoms with Crippen LogP contribution < -0.4 is 0 Å². The third-order valence-electron chi connectivity index (χ3n) is 2.95. The zero-order valence-electron chi connectivity index (χ0n) is 10.2. The number of rotatable bonds is 4. The number of hydrogen-bond acceptors (Lipinski definition) is 3. The van der Waals surface area contributed by atoms with Gasteiger partial charge >= 0.3 is 0 Å². The summed E-state index contributed by atoms with van der Waals surface area (Å²) in [6.07, 6.45) is 0.652. The fraction of sp³-hybridized carbons (Fsp3) is 0.909. The van der Waals surface area contributed by atoms with E-state index in [1.807, 2.05) is 19.0 Å². The van der Waals surface area contributed by atoms with E-state index >= 15 is 0 Å². The number of carbonyl (C=O) groups excluding carboxylic acids is 1. The van der Waals surface area contributed by atoms with Gasteiger partial charge in [0.05, 0.1) is 0 Å². The van der Waals surface area contributed by atoms with Crippen LogP contribution in [0.15, 0.2) is 0 Å². The van der Waals surface area contributed by atoms with Crippen molar-refractivity contribution in [3.8, 4) is 0 Å². The van der Waals surface area contributed by atoms with Gasteiger partial charge in [-0.25, -0.2) is 0 Å². The molecule has 1 rings (SSSR count). The highest BCUT2D eigenvalue weighted by atomic mass is 16.2. The van der Waals surface area contributed by atoms with Crippen LogP contribution in [0.3, 0.4) is 0 Å². The minimum absolute atomic E-state index is 0.305. The summed E-state index contributed by atoms with van der Waals surface area (Å²) < 4.78 is 0. The third-order valence-corrected chi connectivity index (χ3v) is 2.95. The lowest BCUT2D eigenvalue weighted by molar-refractivity contribution is -0.133. The van der Waals surface area contributed by atoms with Crippen molar-refractivity contribution in [2.75, 3.05) is 53.4 Å². The van der Waals surface area contributed by atoms with Crippen molar-refractivity contribution in [3.63, 3.8) is 0 Å². The molecule has 4 heteroatoms. The molecule has 0 aromatic carbocycles. The van der Waals surface area contributed by atoms with Crippen LogP contribution in [-0.2, 0) is 4.79 Å². The van der Waals surface area contributed by atoms with E-state index in [0.717, 1.165) is 39.3 Å². The van der Waals surface area contributed by atoms with E-state index in [1.165, 1.54) is 0 Å². The second kappa shape index (κ2) is 6.08. The summed E-state index contributed by atoms with van der Waals surface area (Å²) in [5.41, 5.74) is 0. The average molecular weight is 213 g/mol. The van der Waals surface area contributed by atoms with Crippen molar-refractivity contribution in [2.45, 2.75) is 13.3 Å². The van der Waals surface area contributed by atoms with E-state index in [-0.39, 0.29) is 0 Å². The Kier molecular flexibility index (Phi) is 5.05. The maximum atomic E-state index is 11.8. The molecule has 0 saturated carbocycles. The normalized spacial score (nSPS) is 18.5. The van der Waals surface area contributed by atoms with Gasteiger partial charge in [-0.05, 0) is 20.6 Å². The minimum atomic E-state index is 0.305. The fourth-order valence-electron chi connectivity index (χ4n) is 1.79. The molecule has 0 radical (unpaired) electrons. The molecular weight excluding hydrogens is 190 g/mol. The molecule has 0 spiro atoms. The summed E-state index contributed by atoms with van der Waals surface area (Å²) >= 11 is 0. The highest BCUT2D eigenvalue weighted by Crippen LogP contribution is 2.03. The topological polar surface area (TPSA) is 26.8 Å². The lowest BCUT2D eigenvalue weighted by Crippen LogP contribution is -2.48. The van der Waals surface area contributed by atoms with Gasteiger partial charge < -0.3 is 14.7 Å². The van der Waals surface area contributed by atoms with Crippen molar-refractivity contribution >= 4 is 5.91 Å². The van der Waals surface area contributed by atoms with Gasteiger partial charge in [0.15, 0.2) is 0 Å². The van der Waals surface area contributed by atoms with Gasteiger partial charge in [0.1, 0.15) is 0 Å². The fourth-order valence-corrected chi connectivity index (χ4v) is 1.79. The first-order valence-electron chi connectivity index (χ1n) is 5.78. The summed E-state index contributed by atoms with van der Waals surface area (Å²) in [6, 6.07) is 0. The average Bonchev–Trinajstić information content (AvgIpc) is 2.26. The van der Waals surface area contributed by atoms with Crippen LogP contribution in [0.2, 0.25) is 0 Å². The Hall–Kier alpha value is -0.610. The van der Waals surface area contributed by atoms with Crippen molar-refractivity contribution < 1.29 is 4.79 Å². The molecule has 0 atom stereocenters. The lowest BCUT2D eigenvalue weighted by Gasteiger charge is -2.34. The van der Waals surface area contributed by atoms with Crippen LogP contribution in [0.1, 0.15) is 13.3 Å². The number of piperazine rings is 1. The molecule has 4 nitrogen and oxygen atoms in total. The number of amides is 1. The molecule has 0 bridgehead atoms. The summed E-state index contributed by atoms with van der Waals surface area (Å²) in [6.45, 7) is 7.99. The second-order valence-electron chi connectivity index (χ2n) is 4.37. The Morgan fingerprint density at radius 1 is 1.20 bits per heavy atom. The molecule has 0 N–H and O–H groups in total. The Morgan fingerprint density at radius 2 is 1.80 bits per heavy atom. The van der Waals surface area contributed by atoms with Crippen molar-refractivity contribution in [3.05, 3.63) is 0 Å². The first-order chi connectivity index (χ1) is 7.13. The van der Waals surface area contributed by atoms with Crippen LogP contribution in [0.4, 0.5) is 0 Å². The molecule has 0 aromatic heterocycles. The molecule has 1 saturated heterocycles. The molecule has 88 valence electrons. The van der Waals surface area contributed by atoms with Gasteiger partial charge in [0.2, 0.25) is 5.91 Å². The smallest absolute Gasteiger partial charge is 0.223 e. The molecule has 0 aromatic rings. The van der Waals surface area contributed by atoms with Gasteiger partial charge in [-0.1, -0.05) is 6.92 Å². The zero-order valence-corrected chi connectivity index (χ0v) is 10.2. The number of nitrogens with zero attached hydrogens (tertiary/aromatic N) is 3. The van der Waals surface area contributed by atoms with Crippen molar-refractivity contribution in [1.82, 2.24) is 14.7 Å². The largest absolute Gasteiger partial charge is 0.340 e. The molecule has 15 heavy (non-hydrogen) atoms. The monoisotopic (exact) mass is 213 g/mol. The summed E-state index contributed by atoms with van der Waals surface area (Å²) in [5, 5.41) is 0. The maximum Gasteiger partial charge on any atom is 0.223 e. The highest BCUT2D eigenvalue weighted by molar-refractivity contribution is 5.76. The Bertz CT molecular complexity index is 198. The molecule has 0 unspecified atom stereocenters. The van der Waals surface area contributed by atoms with Crippen LogP contribution in [0, 0.1) is 0 Å². The third kappa shape index (κ3) is 4.18. The first-order valence-corrected chi connectivity index (χ1v) is 5.78. The Morgan fingerprint density at radius 3 is 2.27 bits per heavy atom. The second-order valence-corrected chi connectivity index (χ2v) is 4.37. The number of likely N-dealkylation sites (N-methyl/N-ethyl adjacent to an activating group) is 1. The number of hydrogen-bond donors (Lipinski definition) is 0. The molecule has 1 aliphatic rings. The zero-order chi connectivity index (χ0) is 11.3. The summed E-state index contributed by atoms with van der Waals surface area (Å²) in [7, 11) is 4.00. The molecular formula is C11H23N3O. The van der Waals surface area contributed by atoms with E-state index in [2.05, 4.69) is 16.7 Å². The maximum absolute atomic E-state index is 11.8. The molecule has 1 amide bonds. The van der Waals surface area contributed by atoms with Crippen LogP contribution in [0.5, 0.6) is 0 Å². The van der Waals surface area contributed by atoms with Crippen LogP contribution in [-0.4, -0.2) is 74.0 Å². The van der Waals surface area contributed by atoms with Gasteiger partial charge in [0, 0.05) is 39.1 Å². The van der Waals surface area contributed by atoms with Crippen LogP contribution >= 0.6 is 0 Å². The van der Waals surface area contributed by atoms with E-state index in [4.69, 9.17) is 0 Å². The van der Waals surface area contributed by atoms with Gasteiger partial charge in [-0.2, -0.15) is 0 Å².